The number of carbonyl (C=O) groups excluding carboxylic acids is 1. The maximum absolute atomic E-state index is 12.7. The van der Waals surface area contributed by atoms with Crippen molar-refractivity contribution in [3.05, 3.63) is 36.0 Å². The van der Waals surface area contributed by atoms with Crippen LogP contribution in [0.1, 0.15) is 49.4 Å². The lowest BCUT2D eigenvalue weighted by Crippen LogP contribution is -2.47. The highest BCUT2D eigenvalue weighted by Crippen LogP contribution is 2.29. The summed E-state index contributed by atoms with van der Waals surface area (Å²) in [6.45, 7) is 2.14. The number of pyridine rings is 1. The van der Waals surface area contributed by atoms with E-state index in [0.29, 0.717) is 11.4 Å². The molecule has 1 fully saturated rings. The number of benzene rings is 1. The Bertz CT molecular complexity index is 675. The molecule has 0 aliphatic heterocycles. The highest BCUT2D eigenvalue weighted by molar-refractivity contribution is 6.09. The number of carbonyl (C=O) groups is 1. The van der Waals surface area contributed by atoms with Crippen LogP contribution in [-0.4, -0.2) is 16.4 Å². The van der Waals surface area contributed by atoms with Crippen LogP contribution in [0.25, 0.3) is 10.8 Å². The third kappa shape index (κ3) is 2.71. The van der Waals surface area contributed by atoms with Crippen molar-refractivity contribution >= 4 is 22.5 Å². The third-order valence-corrected chi connectivity index (χ3v) is 4.44. The zero-order chi connectivity index (χ0) is 14.9. The highest BCUT2D eigenvalue weighted by Gasteiger charge is 2.29. The Labute approximate surface area is 124 Å². The zero-order valence-corrected chi connectivity index (χ0v) is 12.4. The summed E-state index contributed by atoms with van der Waals surface area (Å²) < 4.78 is 0. The molecule has 0 unspecified atom stereocenters. The van der Waals surface area contributed by atoms with Gasteiger partial charge in [-0.05, 0) is 25.2 Å². The van der Waals surface area contributed by atoms with Crippen LogP contribution >= 0.6 is 0 Å². The normalized spacial score (nSPS) is 17.6. The van der Waals surface area contributed by atoms with Crippen LogP contribution < -0.4 is 11.1 Å². The van der Waals surface area contributed by atoms with Gasteiger partial charge in [0.25, 0.3) is 5.91 Å². The average molecular weight is 283 g/mol. The van der Waals surface area contributed by atoms with E-state index in [1.165, 1.54) is 19.3 Å². The minimum absolute atomic E-state index is 0.0527. The minimum Gasteiger partial charge on any atom is -0.383 e. The lowest BCUT2D eigenvalue weighted by Gasteiger charge is -2.34. The topological polar surface area (TPSA) is 68.0 Å². The molecule has 0 radical (unpaired) electrons. The molecule has 110 valence electrons. The van der Waals surface area contributed by atoms with Crippen LogP contribution in [0.4, 0.5) is 5.82 Å². The van der Waals surface area contributed by atoms with E-state index in [0.717, 1.165) is 23.6 Å². The molecule has 1 aromatic carbocycles. The van der Waals surface area contributed by atoms with E-state index in [9.17, 15) is 4.79 Å². The molecule has 0 atom stereocenters. The molecule has 0 saturated heterocycles. The Morgan fingerprint density at radius 3 is 2.57 bits per heavy atom. The number of fused-ring (bicyclic) bond motifs is 1. The summed E-state index contributed by atoms with van der Waals surface area (Å²) >= 11 is 0. The first kappa shape index (κ1) is 13.9. The Morgan fingerprint density at radius 2 is 1.86 bits per heavy atom. The number of anilines is 1. The summed E-state index contributed by atoms with van der Waals surface area (Å²) in [6, 6.07) is 7.65. The first-order valence-corrected chi connectivity index (χ1v) is 7.55. The van der Waals surface area contributed by atoms with Crippen molar-refractivity contribution in [1.29, 1.82) is 0 Å². The van der Waals surface area contributed by atoms with Crippen LogP contribution in [-0.2, 0) is 0 Å². The Kier molecular flexibility index (Phi) is 3.53. The van der Waals surface area contributed by atoms with Gasteiger partial charge in [-0.3, -0.25) is 4.79 Å². The molecule has 4 nitrogen and oxygen atoms in total. The Balaban J connectivity index is 1.93. The fourth-order valence-electron chi connectivity index (χ4n) is 3.19. The van der Waals surface area contributed by atoms with Crippen molar-refractivity contribution in [2.45, 2.75) is 44.6 Å². The fourth-order valence-corrected chi connectivity index (χ4v) is 3.19. The number of amides is 1. The Morgan fingerprint density at radius 1 is 1.19 bits per heavy atom. The van der Waals surface area contributed by atoms with Gasteiger partial charge in [0.15, 0.2) is 0 Å². The van der Waals surface area contributed by atoms with Crippen molar-refractivity contribution in [1.82, 2.24) is 10.3 Å². The summed E-state index contributed by atoms with van der Waals surface area (Å²) in [5.41, 5.74) is 6.40. The van der Waals surface area contributed by atoms with E-state index >= 15 is 0 Å². The number of aromatic nitrogens is 1. The number of hydrogen-bond acceptors (Lipinski definition) is 3. The predicted octanol–water partition coefficient (Wildman–Crippen LogP) is 3.27. The van der Waals surface area contributed by atoms with E-state index in [4.69, 9.17) is 5.73 Å². The van der Waals surface area contributed by atoms with E-state index < -0.39 is 0 Å². The minimum atomic E-state index is -0.0994. The second kappa shape index (κ2) is 5.35. The number of nitrogen functional groups attached to an aromatic ring is 1. The number of hydrogen-bond donors (Lipinski definition) is 2. The van der Waals surface area contributed by atoms with E-state index in [-0.39, 0.29) is 11.4 Å². The summed E-state index contributed by atoms with van der Waals surface area (Å²) in [6.07, 6.45) is 7.28. The van der Waals surface area contributed by atoms with Crippen molar-refractivity contribution in [3.63, 3.8) is 0 Å². The summed E-state index contributed by atoms with van der Waals surface area (Å²) in [7, 11) is 0. The van der Waals surface area contributed by atoms with Gasteiger partial charge in [0, 0.05) is 17.1 Å². The van der Waals surface area contributed by atoms with Crippen molar-refractivity contribution < 1.29 is 4.79 Å². The van der Waals surface area contributed by atoms with Crippen LogP contribution in [0.3, 0.4) is 0 Å². The first-order valence-electron chi connectivity index (χ1n) is 7.55. The molecular formula is C17H21N3O. The predicted molar refractivity (Wildman–Crippen MR) is 85.1 cm³/mol. The monoisotopic (exact) mass is 283 g/mol. The molecule has 0 spiro atoms. The second-order valence-corrected chi connectivity index (χ2v) is 6.18. The largest absolute Gasteiger partial charge is 0.383 e. The molecule has 1 saturated carbocycles. The summed E-state index contributed by atoms with van der Waals surface area (Å²) in [5.74, 6) is 0.411. The molecule has 2 aromatic rings. The maximum Gasteiger partial charge on any atom is 0.253 e. The maximum atomic E-state index is 12.7. The van der Waals surface area contributed by atoms with Crippen LogP contribution in [0.2, 0.25) is 0 Å². The lowest BCUT2D eigenvalue weighted by atomic mass is 9.83. The summed E-state index contributed by atoms with van der Waals surface area (Å²) in [4.78, 5) is 16.8. The van der Waals surface area contributed by atoms with Gasteiger partial charge in [-0.1, -0.05) is 43.5 Å². The molecule has 3 rings (SSSR count). The molecule has 1 aromatic heterocycles. The molecule has 4 heteroatoms. The van der Waals surface area contributed by atoms with Gasteiger partial charge in [0.05, 0.1) is 5.56 Å². The van der Waals surface area contributed by atoms with Gasteiger partial charge in [0.1, 0.15) is 5.82 Å². The van der Waals surface area contributed by atoms with E-state index in [1.54, 1.807) is 6.20 Å². The SMILES string of the molecule is CC1(NC(=O)c2cnc(N)c3ccccc23)CCCCC1. The molecule has 1 aliphatic rings. The van der Waals surface area contributed by atoms with Crippen molar-refractivity contribution in [3.8, 4) is 0 Å². The van der Waals surface area contributed by atoms with Gasteiger partial charge in [-0.25, -0.2) is 4.98 Å². The average Bonchev–Trinajstić information content (AvgIpc) is 2.48. The molecular weight excluding hydrogens is 262 g/mol. The number of nitrogens with two attached hydrogens (primary N) is 1. The third-order valence-electron chi connectivity index (χ3n) is 4.44. The van der Waals surface area contributed by atoms with E-state index in [2.05, 4.69) is 17.2 Å². The standard InChI is InChI=1S/C17H21N3O/c1-17(9-5-2-6-10-17)20-16(21)14-11-19-15(18)13-8-4-3-7-12(13)14/h3-4,7-8,11H,2,5-6,9-10H2,1H3,(H2,18,19)(H,20,21). The lowest BCUT2D eigenvalue weighted by molar-refractivity contribution is 0.0884. The van der Waals surface area contributed by atoms with Gasteiger partial charge >= 0.3 is 0 Å². The molecule has 21 heavy (non-hydrogen) atoms. The molecule has 1 amide bonds. The summed E-state index contributed by atoms with van der Waals surface area (Å²) in [5, 5.41) is 4.90. The quantitative estimate of drug-likeness (QED) is 0.888. The molecule has 1 aliphatic carbocycles. The molecule has 0 bridgehead atoms. The van der Waals surface area contributed by atoms with Gasteiger partial charge in [-0.15, -0.1) is 0 Å². The highest BCUT2D eigenvalue weighted by atomic mass is 16.1. The van der Waals surface area contributed by atoms with E-state index in [1.807, 2.05) is 24.3 Å². The smallest absolute Gasteiger partial charge is 0.253 e. The fraction of sp³-hybridized carbons (Fsp3) is 0.412. The van der Waals surface area contributed by atoms with Crippen LogP contribution in [0.15, 0.2) is 30.5 Å². The van der Waals surface area contributed by atoms with Crippen LogP contribution in [0, 0.1) is 0 Å². The zero-order valence-electron chi connectivity index (χ0n) is 12.4. The van der Waals surface area contributed by atoms with Crippen molar-refractivity contribution in [2.75, 3.05) is 5.73 Å². The first-order chi connectivity index (χ1) is 10.1. The van der Waals surface area contributed by atoms with Gasteiger partial charge < -0.3 is 11.1 Å². The second-order valence-electron chi connectivity index (χ2n) is 6.18. The number of nitrogens with one attached hydrogen (secondary N) is 1. The molecule has 1 heterocycles. The molecule has 3 N–H and O–H groups in total. The van der Waals surface area contributed by atoms with Gasteiger partial charge in [0.2, 0.25) is 0 Å². The Hall–Kier alpha value is -2.10. The van der Waals surface area contributed by atoms with Crippen molar-refractivity contribution in [2.24, 2.45) is 0 Å². The van der Waals surface area contributed by atoms with Crippen LogP contribution in [0.5, 0.6) is 0 Å². The number of rotatable bonds is 2. The van der Waals surface area contributed by atoms with Gasteiger partial charge in [-0.2, -0.15) is 0 Å². The number of nitrogens with zero attached hydrogens (tertiary/aromatic N) is 1.